The lowest BCUT2D eigenvalue weighted by atomic mass is 10.1. The molecule has 0 bridgehead atoms. The van der Waals surface area contributed by atoms with Gasteiger partial charge in [-0.05, 0) is 37.1 Å². The Kier molecular flexibility index (Phi) is 2.56. The maximum absolute atomic E-state index is 8.52. The molecule has 3 N–H and O–H groups in total. The molecule has 0 fully saturated rings. The third kappa shape index (κ3) is 3.02. The summed E-state index contributed by atoms with van der Waals surface area (Å²) in [5, 5.41) is 25.6. The minimum atomic E-state index is -3.11. The molecule has 0 saturated carbocycles. The van der Waals surface area contributed by atoms with Crippen LogP contribution in [0, 0.1) is 13.8 Å². The van der Waals surface area contributed by atoms with Gasteiger partial charge in [0.1, 0.15) is 5.75 Å². The van der Waals surface area contributed by atoms with Crippen molar-refractivity contribution in [3.63, 3.8) is 0 Å². The molecule has 0 amide bonds. The lowest BCUT2D eigenvalue weighted by Crippen LogP contribution is -2.34. The molecule has 0 radical (unpaired) electrons. The second kappa shape index (κ2) is 3.33. The van der Waals surface area contributed by atoms with Gasteiger partial charge in [-0.25, -0.2) is 0 Å². The maximum atomic E-state index is 8.52. The van der Waals surface area contributed by atoms with E-state index in [4.69, 9.17) is 15.3 Å². The number of aliphatic hydroxyl groups is 3. The van der Waals surface area contributed by atoms with Crippen molar-refractivity contribution in [3.05, 3.63) is 29.3 Å². The molecule has 0 saturated heterocycles. The minimum absolute atomic E-state index is 0.204. The summed E-state index contributed by atoms with van der Waals surface area (Å²) in [5.74, 6) is 0.204. The highest BCUT2D eigenvalue weighted by Crippen LogP contribution is 2.18. The van der Waals surface area contributed by atoms with Gasteiger partial charge in [0.15, 0.2) is 0 Å². The predicted molar refractivity (Wildman–Crippen MR) is 45.9 cm³/mol. The van der Waals surface area contributed by atoms with Crippen LogP contribution in [0.5, 0.6) is 5.75 Å². The minimum Gasteiger partial charge on any atom is -0.417 e. The molecule has 0 heterocycles. The van der Waals surface area contributed by atoms with Crippen molar-refractivity contribution in [1.82, 2.24) is 0 Å². The van der Waals surface area contributed by atoms with E-state index in [9.17, 15) is 0 Å². The summed E-state index contributed by atoms with van der Waals surface area (Å²) in [7, 11) is 0. The summed E-state index contributed by atoms with van der Waals surface area (Å²) >= 11 is 0. The monoisotopic (exact) mass is 184 g/mol. The van der Waals surface area contributed by atoms with Gasteiger partial charge in [-0.2, -0.15) is 0 Å². The van der Waals surface area contributed by atoms with Gasteiger partial charge in [-0.1, -0.05) is 6.07 Å². The smallest absolute Gasteiger partial charge is 0.417 e. The standard InChI is InChI=1S/C9H12O4/c1-6-3-4-8(5-7(6)2)13-9(10,11)12/h3-5,10-12H,1-2H3. The number of aryl methyl sites for hydroxylation is 2. The molecule has 0 unspecified atom stereocenters. The highest BCUT2D eigenvalue weighted by Gasteiger charge is 2.20. The van der Waals surface area contributed by atoms with Crippen LogP contribution in [0.3, 0.4) is 0 Å². The number of hydrogen-bond donors (Lipinski definition) is 3. The molecule has 0 aliphatic carbocycles. The highest BCUT2D eigenvalue weighted by atomic mass is 16.9. The fourth-order valence-corrected chi connectivity index (χ4v) is 0.936. The lowest BCUT2D eigenvalue weighted by Gasteiger charge is -2.15. The zero-order chi connectivity index (χ0) is 10.1. The van der Waals surface area contributed by atoms with Crippen LogP contribution < -0.4 is 4.74 Å². The van der Waals surface area contributed by atoms with Gasteiger partial charge >= 0.3 is 6.16 Å². The van der Waals surface area contributed by atoms with E-state index < -0.39 is 6.16 Å². The fraction of sp³-hybridized carbons (Fsp3) is 0.333. The molecule has 1 aromatic carbocycles. The second-order valence-corrected chi connectivity index (χ2v) is 2.92. The molecule has 1 rings (SSSR count). The Morgan fingerprint density at radius 3 is 2.15 bits per heavy atom. The highest BCUT2D eigenvalue weighted by molar-refractivity contribution is 5.33. The van der Waals surface area contributed by atoms with E-state index in [0.29, 0.717) is 0 Å². The zero-order valence-corrected chi connectivity index (χ0v) is 7.48. The molecule has 4 heteroatoms. The van der Waals surface area contributed by atoms with E-state index >= 15 is 0 Å². The third-order valence-corrected chi connectivity index (χ3v) is 1.73. The normalized spacial score (nSPS) is 11.5. The summed E-state index contributed by atoms with van der Waals surface area (Å²) in [6, 6.07) is 4.91. The molecule has 0 atom stereocenters. The van der Waals surface area contributed by atoms with Crippen molar-refractivity contribution in [2.45, 2.75) is 20.0 Å². The summed E-state index contributed by atoms with van der Waals surface area (Å²) in [5.41, 5.74) is 2.01. The summed E-state index contributed by atoms with van der Waals surface area (Å²) < 4.78 is 4.40. The van der Waals surface area contributed by atoms with Crippen LogP contribution in [0.25, 0.3) is 0 Å². The summed E-state index contributed by atoms with van der Waals surface area (Å²) in [4.78, 5) is 0. The van der Waals surface area contributed by atoms with Gasteiger partial charge in [0.05, 0.1) is 0 Å². The Bertz CT molecular complexity index is 301. The maximum Gasteiger partial charge on any atom is 0.453 e. The number of rotatable bonds is 2. The first-order valence-electron chi connectivity index (χ1n) is 3.82. The molecule has 0 aromatic heterocycles. The van der Waals surface area contributed by atoms with Gasteiger partial charge in [-0.15, -0.1) is 0 Å². The summed E-state index contributed by atoms with van der Waals surface area (Å²) in [6.45, 7) is 3.78. The number of benzene rings is 1. The molecule has 13 heavy (non-hydrogen) atoms. The zero-order valence-electron chi connectivity index (χ0n) is 7.48. The van der Waals surface area contributed by atoms with Crippen molar-refractivity contribution in [2.75, 3.05) is 0 Å². The van der Waals surface area contributed by atoms with E-state index in [-0.39, 0.29) is 5.75 Å². The van der Waals surface area contributed by atoms with Crippen molar-refractivity contribution in [2.24, 2.45) is 0 Å². The molecule has 4 nitrogen and oxygen atoms in total. The lowest BCUT2D eigenvalue weighted by molar-refractivity contribution is -0.419. The summed E-state index contributed by atoms with van der Waals surface area (Å²) in [6.07, 6.45) is -3.11. The van der Waals surface area contributed by atoms with E-state index in [2.05, 4.69) is 4.74 Å². The fourth-order valence-electron chi connectivity index (χ4n) is 0.936. The van der Waals surface area contributed by atoms with Gasteiger partial charge in [0.25, 0.3) is 0 Å². The van der Waals surface area contributed by atoms with Crippen LogP contribution in [-0.2, 0) is 0 Å². The van der Waals surface area contributed by atoms with Crippen LogP contribution >= 0.6 is 0 Å². The van der Waals surface area contributed by atoms with Gasteiger partial charge in [-0.3, -0.25) is 0 Å². The molecule has 0 aliphatic rings. The first kappa shape index (κ1) is 9.98. The second-order valence-electron chi connectivity index (χ2n) is 2.92. The van der Waals surface area contributed by atoms with Crippen molar-refractivity contribution in [3.8, 4) is 5.75 Å². The third-order valence-electron chi connectivity index (χ3n) is 1.73. The molecular weight excluding hydrogens is 172 g/mol. The van der Waals surface area contributed by atoms with Crippen LogP contribution in [0.4, 0.5) is 0 Å². The molecular formula is C9H12O4. The average Bonchev–Trinajstić information content (AvgIpc) is 1.94. The first-order chi connectivity index (χ1) is 5.88. The van der Waals surface area contributed by atoms with Gasteiger partial charge in [0, 0.05) is 0 Å². The van der Waals surface area contributed by atoms with E-state index in [1.807, 2.05) is 13.8 Å². The topological polar surface area (TPSA) is 69.9 Å². The molecule has 72 valence electrons. The molecule has 0 spiro atoms. The molecule has 0 aliphatic heterocycles. The van der Waals surface area contributed by atoms with Gasteiger partial charge < -0.3 is 20.1 Å². The van der Waals surface area contributed by atoms with Crippen molar-refractivity contribution in [1.29, 1.82) is 0 Å². The quantitative estimate of drug-likeness (QED) is 0.577. The Morgan fingerprint density at radius 1 is 1.08 bits per heavy atom. The number of ether oxygens (including phenoxy) is 1. The average molecular weight is 184 g/mol. The van der Waals surface area contributed by atoms with Crippen LogP contribution in [0.15, 0.2) is 18.2 Å². The van der Waals surface area contributed by atoms with Crippen LogP contribution in [0.2, 0.25) is 0 Å². The first-order valence-corrected chi connectivity index (χ1v) is 3.82. The van der Waals surface area contributed by atoms with E-state index in [0.717, 1.165) is 11.1 Å². The van der Waals surface area contributed by atoms with Crippen molar-refractivity contribution >= 4 is 0 Å². The van der Waals surface area contributed by atoms with Gasteiger partial charge in [0.2, 0.25) is 0 Å². The van der Waals surface area contributed by atoms with Crippen LogP contribution in [-0.4, -0.2) is 21.5 Å². The Hall–Kier alpha value is -1.10. The SMILES string of the molecule is Cc1ccc(OC(O)(O)O)cc1C. The Labute approximate surface area is 76.0 Å². The van der Waals surface area contributed by atoms with E-state index in [1.165, 1.54) is 0 Å². The Balaban J connectivity index is 2.86. The van der Waals surface area contributed by atoms with Crippen molar-refractivity contribution < 1.29 is 20.1 Å². The number of hydrogen-bond acceptors (Lipinski definition) is 4. The van der Waals surface area contributed by atoms with Crippen LogP contribution in [0.1, 0.15) is 11.1 Å². The van der Waals surface area contributed by atoms with E-state index in [1.54, 1.807) is 18.2 Å². The predicted octanol–water partition coefficient (Wildman–Crippen LogP) is 0.270. The Morgan fingerprint density at radius 2 is 1.69 bits per heavy atom. The largest absolute Gasteiger partial charge is 0.453 e. The molecule has 1 aromatic rings.